The molecule has 0 bridgehead atoms. The molecule has 1 N–H and O–H groups in total. The molecule has 0 spiro atoms. The zero-order chi connectivity index (χ0) is 53.9. The molecule has 0 unspecified atom stereocenters. The number of benzene rings is 3. The van der Waals surface area contributed by atoms with Crippen LogP contribution < -0.4 is 18.8 Å². The van der Waals surface area contributed by atoms with Crippen LogP contribution in [0.15, 0.2) is 48.5 Å². The maximum atomic E-state index is 14.7. The minimum atomic E-state index is -4.53. The number of carbonyl (C=O) groups excluding carboxylic acids is 1. The Morgan fingerprint density at radius 3 is 1.16 bits per heavy atom. The Bertz CT molecular complexity index is 2260. The first-order valence-electron chi connectivity index (χ1n) is 24.9. The first-order valence-corrected chi connectivity index (χ1v) is 26.5. The maximum absolute atomic E-state index is 14.7. The van der Waals surface area contributed by atoms with Crippen molar-refractivity contribution in [1.29, 1.82) is 0 Å². The third kappa shape index (κ3) is 24.9. The number of carbonyl (C=O) groups is 2. The first-order chi connectivity index (χ1) is 36.4. The van der Waals surface area contributed by atoms with Crippen molar-refractivity contribution >= 4 is 43.9 Å². The molecule has 0 saturated heterocycles. The summed E-state index contributed by atoms with van der Waals surface area (Å²) in [6.07, 6.45) is -0.0135. The number of aromatic nitrogens is 1. The van der Waals surface area contributed by atoms with Gasteiger partial charge < -0.3 is 80.7 Å². The van der Waals surface area contributed by atoms with E-state index in [0.29, 0.717) is 177 Å². The summed E-state index contributed by atoms with van der Waals surface area (Å²) in [5, 5.41) is 10.4. The van der Waals surface area contributed by atoms with Gasteiger partial charge >= 0.3 is 11.9 Å². The number of carboxylic acid groups (broad SMARTS) is 1. The van der Waals surface area contributed by atoms with Gasteiger partial charge in [0.25, 0.3) is 0 Å². The number of rotatable bonds is 45. The average Bonchev–Trinajstić information content (AvgIpc) is 3.38. The van der Waals surface area contributed by atoms with Gasteiger partial charge in [0.05, 0.1) is 177 Å². The Kier molecular flexibility index (Phi) is 31.1. The Morgan fingerprint density at radius 1 is 0.507 bits per heavy atom. The summed E-state index contributed by atoms with van der Waals surface area (Å²) in [6.45, 7) is 12.9. The topological polar surface area (TPSA) is 254 Å². The van der Waals surface area contributed by atoms with Gasteiger partial charge in [-0.25, -0.2) is 18.0 Å². The minimum Gasteiger partial charge on any atom is -0.748 e. The Labute approximate surface area is 439 Å². The molecule has 4 aromatic rings. The quantitative estimate of drug-likeness (QED) is 0.0164. The van der Waals surface area contributed by atoms with Gasteiger partial charge in [0.15, 0.2) is 6.54 Å². The lowest BCUT2D eigenvalue weighted by Crippen LogP contribution is -2.37. The Balaban J connectivity index is 1.40. The standard InChI is InChI=1S/C52H75NO21S/c1-40-36-42(51(54)55)37-41(2)50(40)74-52(56)49-45-38-43(72-33-31-70-29-27-68-25-23-66-21-19-64-17-15-62-13-11-60-3)6-8-47(45)53(10-5-35-75(57,58)59)48-9-7-44(39-46(48)49)73-34-32-71-30-28-69-26-24-67-22-20-65-18-16-63-14-12-61-4/h6-9,36-39H,5,10-35H2,1-4H3,(H-,54,55,57,58,59). The van der Waals surface area contributed by atoms with E-state index in [0.717, 1.165) is 0 Å². The third-order valence-electron chi connectivity index (χ3n) is 10.8. The van der Waals surface area contributed by atoms with E-state index in [1.165, 1.54) is 12.1 Å². The van der Waals surface area contributed by atoms with Gasteiger partial charge in [-0.1, -0.05) is 0 Å². The fraction of sp³-hybridized carbons (Fsp3) is 0.596. The smallest absolute Gasteiger partial charge is 0.345 e. The van der Waals surface area contributed by atoms with Crippen LogP contribution >= 0.6 is 0 Å². The van der Waals surface area contributed by atoms with Gasteiger partial charge in [-0.05, 0) is 61.4 Å². The monoisotopic (exact) mass is 1080 g/mol. The van der Waals surface area contributed by atoms with Gasteiger partial charge in [-0.2, -0.15) is 4.57 Å². The zero-order valence-electron chi connectivity index (χ0n) is 43.7. The second-order valence-corrected chi connectivity index (χ2v) is 18.0. The summed E-state index contributed by atoms with van der Waals surface area (Å²) in [5.41, 5.74) is 2.07. The van der Waals surface area contributed by atoms with Crippen molar-refractivity contribution in [2.24, 2.45) is 0 Å². The fourth-order valence-electron chi connectivity index (χ4n) is 7.28. The van der Waals surface area contributed by atoms with Crippen LogP contribution in [0.5, 0.6) is 17.2 Å². The molecule has 0 aliphatic rings. The number of hydrogen-bond acceptors (Lipinski definition) is 20. The Hall–Kier alpha value is -4.70. The molecule has 0 saturated carbocycles. The molecule has 0 radical (unpaired) electrons. The number of nitrogens with zero attached hydrogens (tertiary/aromatic N) is 1. The highest BCUT2D eigenvalue weighted by Crippen LogP contribution is 2.33. The van der Waals surface area contributed by atoms with Crippen LogP contribution in [0.3, 0.4) is 0 Å². The number of methoxy groups -OCH3 is 2. The summed E-state index contributed by atoms with van der Waals surface area (Å²) in [7, 11) is -1.30. The van der Waals surface area contributed by atoms with E-state index in [1.807, 2.05) is 4.57 Å². The number of fused-ring (bicyclic) bond motifs is 2. The second-order valence-electron chi connectivity index (χ2n) is 16.4. The van der Waals surface area contributed by atoms with E-state index in [4.69, 9.17) is 71.1 Å². The number of hydrogen-bond donors (Lipinski definition) is 1. The molecule has 0 aliphatic heterocycles. The van der Waals surface area contributed by atoms with Crippen molar-refractivity contribution < 1.29 is 103 Å². The van der Waals surface area contributed by atoms with Crippen molar-refractivity contribution in [1.82, 2.24) is 0 Å². The van der Waals surface area contributed by atoms with Crippen LogP contribution in [-0.2, 0) is 73.5 Å². The predicted octanol–water partition coefficient (Wildman–Crippen LogP) is 3.97. The molecule has 0 amide bonds. The molecule has 4 rings (SSSR count). The van der Waals surface area contributed by atoms with Gasteiger partial charge in [-0.15, -0.1) is 0 Å². The van der Waals surface area contributed by atoms with Gasteiger partial charge in [0, 0.05) is 38.5 Å². The molecule has 420 valence electrons. The normalized spacial score (nSPS) is 11.7. The molecule has 0 aliphatic carbocycles. The predicted molar refractivity (Wildman–Crippen MR) is 272 cm³/mol. The number of pyridine rings is 1. The number of aryl methyl sites for hydroxylation is 3. The molecule has 22 nitrogen and oxygen atoms in total. The average molecular weight is 1080 g/mol. The van der Waals surface area contributed by atoms with Crippen LogP contribution in [0, 0.1) is 13.8 Å². The van der Waals surface area contributed by atoms with Crippen molar-refractivity contribution in [3.8, 4) is 17.2 Å². The Morgan fingerprint density at radius 2 is 0.840 bits per heavy atom. The largest absolute Gasteiger partial charge is 0.748 e. The summed E-state index contributed by atoms with van der Waals surface area (Å²) in [6, 6.07) is 13.1. The fourth-order valence-corrected chi connectivity index (χ4v) is 7.76. The summed E-state index contributed by atoms with van der Waals surface area (Å²) < 4.78 is 120. The lowest BCUT2D eigenvalue weighted by atomic mass is 10.0. The molecular weight excluding hydrogens is 1010 g/mol. The molecule has 0 fully saturated rings. The molecule has 75 heavy (non-hydrogen) atoms. The summed E-state index contributed by atoms with van der Waals surface area (Å²) >= 11 is 0. The molecular formula is C52H75NO21S. The first kappa shape index (κ1) is 62.8. The van der Waals surface area contributed by atoms with Crippen molar-refractivity contribution in [2.75, 3.05) is 179 Å². The highest BCUT2D eigenvalue weighted by Gasteiger charge is 2.28. The molecule has 3 aromatic carbocycles. The van der Waals surface area contributed by atoms with E-state index in [2.05, 4.69) is 0 Å². The summed E-state index contributed by atoms with van der Waals surface area (Å²) in [4.78, 5) is 26.5. The van der Waals surface area contributed by atoms with E-state index >= 15 is 0 Å². The number of esters is 1. The van der Waals surface area contributed by atoms with Crippen molar-refractivity contribution in [2.45, 2.75) is 26.8 Å². The van der Waals surface area contributed by atoms with E-state index in [1.54, 1.807) is 64.5 Å². The van der Waals surface area contributed by atoms with Gasteiger partial charge in [-0.3, -0.25) is 0 Å². The molecule has 1 aromatic heterocycles. The number of ether oxygens (including phenoxy) is 15. The SMILES string of the molecule is COCCOCCOCCOCCOCCOCCOc1ccc2c(c1)c(C(=O)Oc1c(C)cc(C(=O)O)cc1C)c1cc(OCCOCCOCCOCCOCCOCCOC)ccc1[n+]2CCCS(=O)(=O)[O-]. The third-order valence-corrected chi connectivity index (χ3v) is 11.6. The molecule has 23 heteroatoms. The van der Waals surface area contributed by atoms with Crippen LogP contribution in [0.4, 0.5) is 0 Å². The van der Waals surface area contributed by atoms with Crippen LogP contribution in [-0.4, -0.2) is 209 Å². The highest BCUT2D eigenvalue weighted by atomic mass is 32.2. The van der Waals surface area contributed by atoms with Gasteiger partial charge in [0.2, 0.25) is 11.0 Å². The van der Waals surface area contributed by atoms with Crippen molar-refractivity contribution in [3.05, 3.63) is 70.8 Å². The second kappa shape index (κ2) is 37.1. The van der Waals surface area contributed by atoms with Crippen LogP contribution in [0.25, 0.3) is 21.8 Å². The lowest BCUT2D eigenvalue weighted by Gasteiger charge is -2.16. The maximum Gasteiger partial charge on any atom is 0.345 e. The van der Waals surface area contributed by atoms with Crippen LogP contribution in [0.1, 0.15) is 38.3 Å². The molecule has 0 atom stereocenters. The lowest BCUT2D eigenvalue weighted by molar-refractivity contribution is -0.645. The van der Waals surface area contributed by atoms with Gasteiger partial charge in [0.1, 0.15) is 30.5 Å². The zero-order valence-corrected chi connectivity index (χ0v) is 44.5. The van der Waals surface area contributed by atoms with Crippen LogP contribution in [0.2, 0.25) is 0 Å². The van der Waals surface area contributed by atoms with E-state index < -0.39 is 27.8 Å². The summed E-state index contributed by atoms with van der Waals surface area (Å²) in [5.74, 6) is -1.52. The van der Waals surface area contributed by atoms with Crippen molar-refractivity contribution in [3.63, 3.8) is 0 Å². The highest BCUT2D eigenvalue weighted by molar-refractivity contribution is 7.85. The molecule has 1 heterocycles. The number of carboxylic acids is 1. The van der Waals surface area contributed by atoms with E-state index in [-0.39, 0.29) is 56.3 Å². The van der Waals surface area contributed by atoms with E-state index in [9.17, 15) is 27.7 Å². The number of aromatic carboxylic acids is 1. The minimum absolute atomic E-state index is 0.0135.